The first kappa shape index (κ1) is 14.5. The van der Waals surface area contributed by atoms with E-state index in [0.29, 0.717) is 6.54 Å². The molecule has 0 saturated carbocycles. The zero-order valence-corrected chi connectivity index (χ0v) is 12.8. The van der Waals surface area contributed by atoms with Gasteiger partial charge in [0.1, 0.15) is 5.57 Å². The molecule has 2 amide bonds. The summed E-state index contributed by atoms with van der Waals surface area (Å²) < 4.78 is 2.01. The van der Waals surface area contributed by atoms with Crippen molar-refractivity contribution in [1.82, 2.24) is 14.8 Å². The van der Waals surface area contributed by atoms with Crippen LogP contribution in [0.15, 0.2) is 11.6 Å². The van der Waals surface area contributed by atoms with E-state index in [1.807, 2.05) is 38.5 Å². The molecular formula is C14H17N3O2S. The van der Waals surface area contributed by atoms with Crippen LogP contribution in [0, 0.1) is 13.8 Å². The molecule has 1 saturated heterocycles. The monoisotopic (exact) mass is 291 g/mol. The number of aryl methyl sites for hydroxylation is 1. The smallest absolute Gasteiger partial charge is 0.265 e. The van der Waals surface area contributed by atoms with Crippen molar-refractivity contribution in [1.29, 1.82) is 0 Å². The van der Waals surface area contributed by atoms with E-state index in [9.17, 15) is 9.59 Å². The Labute approximate surface area is 123 Å². The van der Waals surface area contributed by atoms with Crippen LogP contribution in [-0.2, 0) is 16.6 Å². The third kappa shape index (κ3) is 2.27. The van der Waals surface area contributed by atoms with Crippen molar-refractivity contribution in [2.75, 3.05) is 6.54 Å². The molecule has 20 heavy (non-hydrogen) atoms. The molecule has 106 valence electrons. The molecule has 0 atom stereocenters. The van der Waals surface area contributed by atoms with Gasteiger partial charge < -0.3 is 4.57 Å². The van der Waals surface area contributed by atoms with E-state index in [1.54, 1.807) is 6.08 Å². The minimum Gasteiger partial charge on any atom is -0.352 e. The molecule has 1 aromatic heterocycles. The Kier molecular flexibility index (Phi) is 3.76. The summed E-state index contributed by atoms with van der Waals surface area (Å²) in [6, 6.07) is 1.95. The molecule has 1 aliphatic heterocycles. The van der Waals surface area contributed by atoms with Gasteiger partial charge in [-0.2, -0.15) is 0 Å². The molecule has 0 spiro atoms. The Morgan fingerprint density at radius 2 is 2.00 bits per heavy atom. The van der Waals surface area contributed by atoms with Gasteiger partial charge in [0, 0.05) is 25.0 Å². The average molecular weight is 291 g/mol. The van der Waals surface area contributed by atoms with Crippen LogP contribution in [0.2, 0.25) is 0 Å². The molecule has 2 rings (SSSR count). The van der Waals surface area contributed by atoms with Gasteiger partial charge in [0.2, 0.25) is 0 Å². The molecule has 0 unspecified atom stereocenters. The van der Waals surface area contributed by atoms with Gasteiger partial charge in [-0.3, -0.25) is 19.8 Å². The largest absolute Gasteiger partial charge is 0.352 e. The fraction of sp³-hybridized carbons (Fsp3) is 0.357. The number of nitrogens with zero attached hydrogens (tertiary/aromatic N) is 2. The highest BCUT2D eigenvalue weighted by Gasteiger charge is 2.32. The van der Waals surface area contributed by atoms with E-state index in [0.717, 1.165) is 17.0 Å². The number of hydrogen-bond acceptors (Lipinski definition) is 3. The molecule has 2 heterocycles. The van der Waals surface area contributed by atoms with E-state index in [-0.39, 0.29) is 16.6 Å². The number of thiocarbonyl (C=S) groups is 1. The van der Waals surface area contributed by atoms with Crippen molar-refractivity contribution >= 4 is 35.2 Å². The summed E-state index contributed by atoms with van der Waals surface area (Å²) in [5.74, 6) is -0.784. The quantitative estimate of drug-likeness (QED) is 0.507. The lowest BCUT2D eigenvalue weighted by Gasteiger charge is -2.27. The lowest BCUT2D eigenvalue weighted by molar-refractivity contribution is -0.128. The van der Waals surface area contributed by atoms with Gasteiger partial charge in [0.15, 0.2) is 5.11 Å². The van der Waals surface area contributed by atoms with E-state index < -0.39 is 5.91 Å². The number of hydrogen-bond donors (Lipinski definition) is 1. The first-order valence-electron chi connectivity index (χ1n) is 6.38. The summed E-state index contributed by atoms with van der Waals surface area (Å²) in [6.07, 6.45) is 1.63. The Morgan fingerprint density at radius 1 is 1.35 bits per heavy atom. The van der Waals surface area contributed by atoms with Crippen molar-refractivity contribution in [2.24, 2.45) is 7.05 Å². The highest BCUT2D eigenvalue weighted by molar-refractivity contribution is 7.80. The van der Waals surface area contributed by atoms with Crippen molar-refractivity contribution in [2.45, 2.75) is 20.8 Å². The van der Waals surface area contributed by atoms with Crippen molar-refractivity contribution < 1.29 is 9.59 Å². The molecule has 6 heteroatoms. The predicted octanol–water partition coefficient (Wildman–Crippen LogP) is 1.29. The number of carbonyl (C=O) groups excluding carboxylic acids is 2. The Hall–Kier alpha value is -1.95. The Bertz CT molecular complexity index is 643. The predicted molar refractivity (Wildman–Crippen MR) is 81.0 cm³/mol. The van der Waals surface area contributed by atoms with Crippen LogP contribution >= 0.6 is 12.2 Å². The summed E-state index contributed by atoms with van der Waals surface area (Å²) >= 11 is 4.99. The summed E-state index contributed by atoms with van der Waals surface area (Å²) in [6.45, 7) is 6.18. The van der Waals surface area contributed by atoms with Gasteiger partial charge in [-0.25, -0.2) is 0 Å². The summed E-state index contributed by atoms with van der Waals surface area (Å²) in [4.78, 5) is 25.6. The maximum Gasteiger partial charge on any atom is 0.265 e. The van der Waals surface area contributed by atoms with Gasteiger partial charge >= 0.3 is 0 Å². The molecule has 0 bridgehead atoms. The SMILES string of the molecule is CCN1C(=O)/C(=C/c2cc(C)n(C)c2C)C(=O)NC1=S. The number of aromatic nitrogens is 1. The van der Waals surface area contributed by atoms with Crippen LogP contribution in [0.4, 0.5) is 0 Å². The standard InChI is InChI=1S/C14H17N3O2S/c1-5-17-13(19)11(12(18)15-14(17)20)7-10-6-8(2)16(4)9(10)3/h6-7H,5H2,1-4H3,(H,15,18,20)/b11-7+. The third-order valence-electron chi connectivity index (χ3n) is 3.62. The fourth-order valence-electron chi connectivity index (χ4n) is 2.17. The summed E-state index contributed by atoms with van der Waals surface area (Å²) in [5.41, 5.74) is 3.06. The highest BCUT2D eigenvalue weighted by Crippen LogP contribution is 2.19. The second kappa shape index (κ2) is 5.20. The van der Waals surface area contributed by atoms with Gasteiger partial charge in [0.05, 0.1) is 0 Å². The number of likely N-dealkylation sites (N-methyl/N-ethyl adjacent to an activating group) is 1. The van der Waals surface area contributed by atoms with Gasteiger partial charge in [-0.1, -0.05) is 0 Å². The molecule has 0 radical (unpaired) electrons. The fourth-order valence-corrected chi connectivity index (χ4v) is 2.47. The second-order valence-corrected chi connectivity index (χ2v) is 5.14. The lowest BCUT2D eigenvalue weighted by Crippen LogP contribution is -2.53. The summed E-state index contributed by atoms with van der Waals surface area (Å²) in [7, 11) is 1.95. The number of carbonyl (C=O) groups is 2. The van der Waals surface area contributed by atoms with Gasteiger partial charge in [-0.15, -0.1) is 0 Å². The third-order valence-corrected chi connectivity index (χ3v) is 3.94. The van der Waals surface area contributed by atoms with E-state index >= 15 is 0 Å². The van der Waals surface area contributed by atoms with E-state index in [4.69, 9.17) is 12.2 Å². The topological polar surface area (TPSA) is 54.3 Å². The van der Waals surface area contributed by atoms with Crippen molar-refractivity contribution in [3.8, 4) is 0 Å². The van der Waals surface area contributed by atoms with Crippen LogP contribution in [0.1, 0.15) is 23.9 Å². The molecule has 0 aliphatic carbocycles. The number of nitrogens with one attached hydrogen (secondary N) is 1. The van der Waals surface area contributed by atoms with Crippen LogP contribution in [-0.4, -0.2) is 32.9 Å². The number of rotatable bonds is 2. The Balaban J connectivity index is 2.46. The molecule has 1 N–H and O–H groups in total. The molecule has 1 aromatic rings. The zero-order chi connectivity index (χ0) is 15.0. The normalized spacial score (nSPS) is 17.9. The molecule has 5 nitrogen and oxygen atoms in total. The molecular weight excluding hydrogens is 274 g/mol. The van der Waals surface area contributed by atoms with Crippen LogP contribution in [0.5, 0.6) is 0 Å². The highest BCUT2D eigenvalue weighted by atomic mass is 32.1. The van der Waals surface area contributed by atoms with Crippen molar-refractivity contribution in [3.63, 3.8) is 0 Å². The lowest BCUT2D eigenvalue weighted by atomic mass is 10.1. The minimum absolute atomic E-state index is 0.120. The van der Waals surface area contributed by atoms with Crippen molar-refractivity contribution in [3.05, 3.63) is 28.6 Å². The molecule has 1 aliphatic rings. The number of amides is 2. The molecule has 0 aromatic carbocycles. The second-order valence-electron chi connectivity index (χ2n) is 4.75. The van der Waals surface area contributed by atoms with Crippen LogP contribution < -0.4 is 5.32 Å². The van der Waals surface area contributed by atoms with E-state index in [1.165, 1.54) is 4.90 Å². The maximum absolute atomic E-state index is 12.3. The maximum atomic E-state index is 12.3. The van der Waals surface area contributed by atoms with Crippen LogP contribution in [0.3, 0.4) is 0 Å². The van der Waals surface area contributed by atoms with Gasteiger partial charge in [-0.05, 0) is 50.7 Å². The first-order chi connectivity index (χ1) is 9.36. The van der Waals surface area contributed by atoms with E-state index in [2.05, 4.69) is 5.32 Å². The first-order valence-corrected chi connectivity index (χ1v) is 6.79. The van der Waals surface area contributed by atoms with Crippen LogP contribution in [0.25, 0.3) is 6.08 Å². The minimum atomic E-state index is -0.439. The zero-order valence-electron chi connectivity index (χ0n) is 12.0. The van der Waals surface area contributed by atoms with Gasteiger partial charge in [0.25, 0.3) is 11.8 Å². The Morgan fingerprint density at radius 3 is 2.50 bits per heavy atom. The summed E-state index contributed by atoms with van der Waals surface area (Å²) in [5, 5.41) is 2.71. The molecule has 1 fully saturated rings. The average Bonchev–Trinajstić information content (AvgIpc) is 2.62.